The minimum Gasteiger partial charge on any atom is -0.313 e. The highest BCUT2D eigenvalue weighted by molar-refractivity contribution is 7.86. The first-order valence-electron chi connectivity index (χ1n) is 7.92. The number of piperidine rings is 1. The Kier molecular flexibility index (Phi) is 5.45. The van der Waals surface area contributed by atoms with Crippen molar-refractivity contribution in [2.24, 2.45) is 11.8 Å². The molecule has 3 atom stereocenters. The molecule has 1 N–H and O–H groups in total. The maximum Gasteiger partial charge on any atom is 0.282 e. The van der Waals surface area contributed by atoms with Gasteiger partial charge in [-0.3, -0.25) is 0 Å². The summed E-state index contributed by atoms with van der Waals surface area (Å²) in [6.45, 7) is 9.74. The largest absolute Gasteiger partial charge is 0.313 e. The van der Waals surface area contributed by atoms with E-state index in [9.17, 15) is 8.42 Å². The topological polar surface area (TPSA) is 52.7 Å². The van der Waals surface area contributed by atoms with E-state index in [1.54, 1.807) is 8.61 Å². The molecule has 6 heteroatoms. The first-order chi connectivity index (χ1) is 9.43. The summed E-state index contributed by atoms with van der Waals surface area (Å²) in [7, 11) is -3.30. The maximum absolute atomic E-state index is 12.8. The van der Waals surface area contributed by atoms with Crippen molar-refractivity contribution in [3.63, 3.8) is 0 Å². The van der Waals surface area contributed by atoms with Crippen molar-refractivity contribution in [3.05, 3.63) is 0 Å². The van der Waals surface area contributed by atoms with Gasteiger partial charge in [0.25, 0.3) is 10.2 Å². The maximum atomic E-state index is 12.8. The summed E-state index contributed by atoms with van der Waals surface area (Å²) >= 11 is 0. The molecule has 2 saturated heterocycles. The second-order valence-corrected chi connectivity index (χ2v) is 8.44. The Balaban J connectivity index is 2.05. The van der Waals surface area contributed by atoms with E-state index in [0.29, 0.717) is 44.1 Å². The lowest BCUT2D eigenvalue weighted by Gasteiger charge is -2.37. The average Bonchev–Trinajstić information content (AvgIpc) is 2.87. The minimum absolute atomic E-state index is 0.323. The van der Waals surface area contributed by atoms with E-state index in [4.69, 9.17) is 0 Å². The van der Waals surface area contributed by atoms with Crippen LogP contribution in [-0.4, -0.2) is 55.8 Å². The monoisotopic (exact) mass is 303 g/mol. The fourth-order valence-electron chi connectivity index (χ4n) is 3.50. The van der Waals surface area contributed by atoms with Gasteiger partial charge >= 0.3 is 0 Å². The Morgan fingerprint density at radius 1 is 1.25 bits per heavy atom. The molecule has 0 saturated carbocycles. The van der Waals surface area contributed by atoms with Gasteiger partial charge in [0.15, 0.2) is 0 Å². The fourth-order valence-corrected chi connectivity index (χ4v) is 5.41. The number of nitrogens with zero attached hydrogens (tertiary/aromatic N) is 2. The van der Waals surface area contributed by atoms with Gasteiger partial charge in [0.05, 0.1) is 0 Å². The van der Waals surface area contributed by atoms with E-state index in [2.05, 4.69) is 19.2 Å². The lowest BCUT2D eigenvalue weighted by atomic mass is 9.94. The smallest absolute Gasteiger partial charge is 0.282 e. The van der Waals surface area contributed by atoms with Crippen molar-refractivity contribution in [1.29, 1.82) is 0 Å². The van der Waals surface area contributed by atoms with Crippen LogP contribution in [0, 0.1) is 11.8 Å². The zero-order chi connectivity index (χ0) is 14.8. The summed E-state index contributed by atoms with van der Waals surface area (Å²) in [5.74, 6) is 0.911. The molecule has 0 aromatic rings. The summed E-state index contributed by atoms with van der Waals surface area (Å²) in [6.07, 6.45) is 3.36. The molecule has 3 unspecified atom stereocenters. The Bertz CT molecular complexity index is 397. The molecular weight excluding hydrogens is 274 g/mol. The van der Waals surface area contributed by atoms with Crippen molar-refractivity contribution in [3.8, 4) is 0 Å². The van der Waals surface area contributed by atoms with Crippen LogP contribution < -0.4 is 5.32 Å². The molecule has 0 aromatic heterocycles. The van der Waals surface area contributed by atoms with Gasteiger partial charge in [-0.2, -0.15) is 17.0 Å². The first kappa shape index (κ1) is 16.2. The molecule has 2 fully saturated rings. The van der Waals surface area contributed by atoms with Crippen LogP contribution in [0.25, 0.3) is 0 Å². The van der Waals surface area contributed by atoms with E-state index in [1.165, 1.54) is 0 Å². The lowest BCUT2D eigenvalue weighted by molar-refractivity contribution is 0.207. The van der Waals surface area contributed by atoms with Crippen molar-refractivity contribution in [1.82, 2.24) is 13.9 Å². The highest BCUT2D eigenvalue weighted by atomic mass is 32.2. The molecule has 2 heterocycles. The molecule has 2 aliphatic rings. The van der Waals surface area contributed by atoms with Crippen LogP contribution in [0.5, 0.6) is 0 Å². The summed E-state index contributed by atoms with van der Waals surface area (Å²) in [5.41, 5.74) is 0. The lowest BCUT2D eigenvalue weighted by Crippen LogP contribution is -2.51. The fraction of sp³-hybridized carbons (Fsp3) is 1.00. The minimum atomic E-state index is -3.30. The van der Waals surface area contributed by atoms with E-state index in [0.717, 1.165) is 25.8 Å². The van der Waals surface area contributed by atoms with Gasteiger partial charge in [-0.05, 0) is 37.6 Å². The summed E-state index contributed by atoms with van der Waals surface area (Å²) in [6, 6.07) is 0.323. The van der Waals surface area contributed by atoms with Crippen molar-refractivity contribution < 1.29 is 8.42 Å². The zero-order valence-corrected chi connectivity index (χ0v) is 13.8. The van der Waals surface area contributed by atoms with Gasteiger partial charge in [-0.25, -0.2) is 0 Å². The molecule has 0 aliphatic carbocycles. The molecular formula is C14H29N3O2S. The van der Waals surface area contributed by atoms with Gasteiger partial charge in [-0.15, -0.1) is 0 Å². The molecule has 0 radical (unpaired) electrons. The van der Waals surface area contributed by atoms with Gasteiger partial charge < -0.3 is 5.32 Å². The van der Waals surface area contributed by atoms with Gasteiger partial charge in [0.1, 0.15) is 0 Å². The van der Waals surface area contributed by atoms with Gasteiger partial charge in [-0.1, -0.05) is 20.8 Å². The molecule has 2 aliphatic heterocycles. The third-order valence-corrected chi connectivity index (χ3v) is 6.44. The van der Waals surface area contributed by atoms with Gasteiger partial charge in [0.2, 0.25) is 0 Å². The van der Waals surface area contributed by atoms with Crippen molar-refractivity contribution >= 4 is 10.2 Å². The van der Waals surface area contributed by atoms with Crippen LogP contribution >= 0.6 is 0 Å². The van der Waals surface area contributed by atoms with E-state index >= 15 is 0 Å². The van der Waals surface area contributed by atoms with Crippen LogP contribution in [0.15, 0.2) is 0 Å². The van der Waals surface area contributed by atoms with Crippen LogP contribution in [0.1, 0.15) is 40.0 Å². The van der Waals surface area contributed by atoms with E-state index in [1.807, 2.05) is 6.92 Å². The normalized spacial score (nSPS) is 32.9. The summed E-state index contributed by atoms with van der Waals surface area (Å²) in [4.78, 5) is 0. The molecule has 118 valence electrons. The third kappa shape index (κ3) is 3.72. The van der Waals surface area contributed by atoms with E-state index < -0.39 is 10.2 Å². The second kappa shape index (κ2) is 6.73. The Morgan fingerprint density at radius 2 is 1.90 bits per heavy atom. The van der Waals surface area contributed by atoms with E-state index in [-0.39, 0.29) is 0 Å². The first-order valence-corrected chi connectivity index (χ1v) is 9.31. The SMILES string of the molecule is CCN(CC1CCCN1)S(=O)(=O)N1CC(C)CC(C)C1. The zero-order valence-electron chi connectivity index (χ0n) is 13.0. The Hall–Kier alpha value is -0.170. The Morgan fingerprint density at radius 3 is 2.40 bits per heavy atom. The molecule has 0 bridgehead atoms. The molecule has 0 aromatic carbocycles. The third-order valence-electron chi connectivity index (χ3n) is 4.43. The highest BCUT2D eigenvalue weighted by Gasteiger charge is 2.35. The van der Waals surface area contributed by atoms with Crippen molar-refractivity contribution in [2.75, 3.05) is 32.7 Å². The number of hydrogen-bond acceptors (Lipinski definition) is 3. The van der Waals surface area contributed by atoms with Crippen LogP contribution in [0.2, 0.25) is 0 Å². The van der Waals surface area contributed by atoms with Crippen molar-refractivity contribution in [2.45, 2.75) is 46.1 Å². The molecule has 0 spiro atoms. The molecule has 5 nitrogen and oxygen atoms in total. The number of likely N-dealkylation sites (N-methyl/N-ethyl adjacent to an activating group) is 1. The molecule has 0 amide bonds. The predicted octanol–water partition coefficient (Wildman–Crippen LogP) is 1.28. The van der Waals surface area contributed by atoms with Gasteiger partial charge in [0, 0.05) is 32.2 Å². The second-order valence-electron chi connectivity index (χ2n) is 6.51. The summed E-state index contributed by atoms with van der Waals surface area (Å²) in [5, 5.41) is 3.39. The highest BCUT2D eigenvalue weighted by Crippen LogP contribution is 2.25. The standard InChI is InChI=1S/C14H29N3O2S/c1-4-16(11-14-6-5-7-15-14)20(18,19)17-9-12(2)8-13(3)10-17/h12-15H,4-11H2,1-3H3. The number of hydrogen-bond donors (Lipinski definition) is 1. The van der Waals surface area contributed by atoms with Crippen LogP contribution in [-0.2, 0) is 10.2 Å². The molecule has 20 heavy (non-hydrogen) atoms. The van der Waals surface area contributed by atoms with Crippen LogP contribution in [0.3, 0.4) is 0 Å². The molecule has 2 rings (SSSR count). The van der Waals surface area contributed by atoms with Crippen LogP contribution in [0.4, 0.5) is 0 Å². The quantitative estimate of drug-likeness (QED) is 0.832. The Labute approximate surface area is 123 Å². The predicted molar refractivity (Wildman–Crippen MR) is 81.7 cm³/mol. The summed E-state index contributed by atoms with van der Waals surface area (Å²) < 4.78 is 29.0. The number of rotatable bonds is 5. The average molecular weight is 303 g/mol. The number of nitrogens with one attached hydrogen (secondary N) is 1.